The lowest BCUT2D eigenvalue weighted by Gasteiger charge is -2.21. The van der Waals surface area contributed by atoms with Crippen molar-refractivity contribution in [3.63, 3.8) is 0 Å². The van der Waals surface area contributed by atoms with Crippen LogP contribution < -0.4 is 10.2 Å². The third kappa shape index (κ3) is 3.51. The third-order valence-electron chi connectivity index (χ3n) is 4.83. The number of thiophene rings is 1. The molecule has 1 fully saturated rings. The van der Waals surface area contributed by atoms with E-state index in [2.05, 4.69) is 28.4 Å². The topological polar surface area (TPSA) is 32.3 Å². The van der Waals surface area contributed by atoms with Crippen LogP contribution in [0, 0.1) is 0 Å². The minimum absolute atomic E-state index is 0.00456. The van der Waals surface area contributed by atoms with Gasteiger partial charge in [-0.05, 0) is 41.5 Å². The van der Waals surface area contributed by atoms with E-state index < -0.39 is 0 Å². The fraction of sp³-hybridized carbons (Fsp3) is 0.227. The van der Waals surface area contributed by atoms with Gasteiger partial charge in [-0.2, -0.15) is 0 Å². The average molecular weight is 362 g/mol. The molecule has 0 unspecified atom stereocenters. The standard InChI is InChI=1S/C22H22N2OS/c25-22(21-19(12-15-26-21)17-8-2-1-3-9-17)23-16-18-10-4-5-11-20(18)24-13-6-7-14-24/h1-5,8-12,15H,6-7,13-14,16H2,(H,23,25). The number of carbonyl (C=O) groups excluding carboxylic acids is 1. The second kappa shape index (κ2) is 7.75. The highest BCUT2D eigenvalue weighted by atomic mass is 32.1. The lowest BCUT2D eigenvalue weighted by Crippen LogP contribution is -2.25. The van der Waals surface area contributed by atoms with Crippen LogP contribution in [0.25, 0.3) is 11.1 Å². The summed E-state index contributed by atoms with van der Waals surface area (Å²) in [6, 6.07) is 20.5. The van der Waals surface area contributed by atoms with Gasteiger partial charge in [-0.1, -0.05) is 48.5 Å². The maximum atomic E-state index is 12.8. The highest BCUT2D eigenvalue weighted by molar-refractivity contribution is 7.12. The summed E-state index contributed by atoms with van der Waals surface area (Å²) in [5.74, 6) is -0.00456. The second-order valence-corrected chi connectivity index (χ2v) is 7.45. The van der Waals surface area contributed by atoms with Gasteiger partial charge in [0, 0.05) is 30.9 Å². The smallest absolute Gasteiger partial charge is 0.262 e. The normalized spacial score (nSPS) is 13.8. The average Bonchev–Trinajstić information content (AvgIpc) is 3.39. The predicted molar refractivity (Wildman–Crippen MR) is 109 cm³/mol. The minimum Gasteiger partial charge on any atom is -0.371 e. The number of anilines is 1. The maximum Gasteiger partial charge on any atom is 0.262 e. The fourth-order valence-corrected chi connectivity index (χ4v) is 4.35. The van der Waals surface area contributed by atoms with Crippen LogP contribution in [0.1, 0.15) is 28.1 Å². The number of nitrogens with zero attached hydrogens (tertiary/aromatic N) is 1. The summed E-state index contributed by atoms with van der Waals surface area (Å²) in [5, 5.41) is 5.10. The predicted octanol–water partition coefficient (Wildman–Crippen LogP) is 4.95. The molecule has 0 spiro atoms. The first kappa shape index (κ1) is 16.9. The Morgan fingerprint density at radius 2 is 1.69 bits per heavy atom. The van der Waals surface area contributed by atoms with Crippen LogP contribution in [-0.2, 0) is 6.54 Å². The van der Waals surface area contributed by atoms with E-state index in [0.29, 0.717) is 6.54 Å². The van der Waals surface area contributed by atoms with E-state index in [1.54, 1.807) is 0 Å². The number of hydrogen-bond donors (Lipinski definition) is 1. The van der Waals surface area contributed by atoms with Gasteiger partial charge in [-0.15, -0.1) is 11.3 Å². The Morgan fingerprint density at radius 3 is 2.50 bits per heavy atom. The summed E-state index contributed by atoms with van der Waals surface area (Å²) in [6.45, 7) is 2.76. The van der Waals surface area contributed by atoms with E-state index in [1.165, 1.54) is 35.4 Å². The third-order valence-corrected chi connectivity index (χ3v) is 5.75. The molecule has 4 heteroatoms. The molecule has 1 amide bonds. The molecule has 132 valence electrons. The van der Waals surface area contributed by atoms with E-state index in [1.807, 2.05) is 47.8 Å². The van der Waals surface area contributed by atoms with E-state index in [0.717, 1.165) is 29.1 Å². The van der Waals surface area contributed by atoms with Gasteiger partial charge >= 0.3 is 0 Å². The van der Waals surface area contributed by atoms with E-state index in [9.17, 15) is 4.79 Å². The van der Waals surface area contributed by atoms with Crippen molar-refractivity contribution in [3.8, 4) is 11.1 Å². The van der Waals surface area contributed by atoms with Gasteiger partial charge in [0.25, 0.3) is 5.91 Å². The molecular weight excluding hydrogens is 340 g/mol. The number of hydrogen-bond acceptors (Lipinski definition) is 3. The van der Waals surface area contributed by atoms with Gasteiger partial charge in [-0.25, -0.2) is 0 Å². The highest BCUT2D eigenvalue weighted by Crippen LogP contribution is 2.29. The summed E-state index contributed by atoms with van der Waals surface area (Å²) in [5.41, 5.74) is 4.51. The summed E-state index contributed by atoms with van der Waals surface area (Å²) in [4.78, 5) is 16.0. The number of benzene rings is 2. The van der Waals surface area contributed by atoms with Crippen LogP contribution in [0.5, 0.6) is 0 Å². The Balaban J connectivity index is 1.50. The van der Waals surface area contributed by atoms with Crippen LogP contribution >= 0.6 is 11.3 Å². The molecule has 0 bridgehead atoms. The Hall–Kier alpha value is -2.59. The summed E-state index contributed by atoms with van der Waals surface area (Å²) >= 11 is 1.49. The Kier molecular flexibility index (Phi) is 5.02. The van der Waals surface area contributed by atoms with Crippen molar-refractivity contribution in [2.75, 3.05) is 18.0 Å². The molecule has 2 aromatic carbocycles. The van der Waals surface area contributed by atoms with Gasteiger partial charge in [0.05, 0.1) is 4.88 Å². The van der Waals surface area contributed by atoms with Gasteiger partial charge in [0.1, 0.15) is 0 Å². The van der Waals surface area contributed by atoms with Crippen LogP contribution in [0.2, 0.25) is 0 Å². The lowest BCUT2D eigenvalue weighted by molar-refractivity contribution is 0.0955. The van der Waals surface area contributed by atoms with Gasteiger partial charge in [-0.3, -0.25) is 4.79 Å². The quantitative estimate of drug-likeness (QED) is 0.697. The molecular formula is C22H22N2OS. The second-order valence-electron chi connectivity index (χ2n) is 6.53. The molecule has 1 aromatic heterocycles. The van der Waals surface area contributed by atoms with Crippen molar-refractivity contribution in [1.82, 2.24) is 5.32 Å². The monoisotopic (exact) mass is 362 g/mol. The Bertz CT molecular complexity index is 882. The number of carbonyl (C=O) groups is 1. The van der Waals surface area contributed by atoms with E-state index >= 15 is 0 Å². The molecule has 3 nitrogen and oxygen atoms in total. The summed E-state index contributed by atoms with van der Waals surface area (Å²) in [6.07, 6.45) is 2.49. The van der Waals surface area contributed by atoms with Crippen LogP contribution in [0.3, 0.4) is 0 Å². The molecule has 1 saturated heterocycles. The van der Waals surface area contributed by atoms with E-state index in [-0.39, 0.29) is 5.91 Å². The molecule has 1 aliphatic rings. The molecule has 0 radical (unpaired) electrons. The van der Waals surface area contributed by atoms with Crippen molar-refractivity contribution < 1.29 is 4.79 Å². The molecule has 0 atom stereocenters. The zero-order valence-corrected chi connectivity index (χ0v) is 15.5. The lowest BCUT2D eigenvalue weighted by atomic mass is 10.1. The molecule has 1 N–H and O–H groups in total. The summed E-state index contributed by atoms with van der Waals surface area (Å²) in [7, 11) is 0. The van der Waals surface area contributed by atoms with Gasteiger partial charge in [0.2, 0.25) is 0 Å². The highest BCUT2D eigenvalue weighted by Gasteiger charge is 2.17. The van der Waals surface area contributed by atoms with Crippen LogP contribution in [0.15, 0.2) is 66.0 Å². The first-order chi connectivity index (χ1) is 12.8. The Labute approximate surface area is 158 Å². The molecule has 1 aliphatic heterocycles. The maximum absolute atomic E-state index is 12.8. The Morgan fingerprint density at radius 1 is 0.962 bits per heavy atom. The number of amides is 1. The largest absolute Gasteiger partial charge is 0.371 e. The van der Waals surface area contributed by atoms with Crippen molar-refractivity contribution in [3.05, 3.63) is 76.5 Å². The first-order valence-electron chi connectivity index (χ1n) is 9.07. The van der Waals surface area contributed by atoms with Crippen molar-refractivity contribution in [2.45, 2.75) is 19.4 Å². The SMILES string of the molecule is O=C(NCc1ccccc1N1CCCC1)c1sccc1-c1ccccc1. The van der Waals surface area contributed by atoms with Gasteiger partial charge < -0.3 is 10.2 Å². The molecule has 3 aromatic rings. The molecule has 2 heterocycles. The summed E-state index contributed by atoms with van der Waals surface area (Å²) < 4.78 is 0. The van der Waals surface area contributed by atoms with Crippen LogP contribution in [0.4, 0.5) is 5.69 Å². The van der Waals surface area contributed by atoms with Crippen molar-refractivity contribution >= 4 is 22.9 Å². The fourth-order valence-electron chi connectivity index (χ4n) is 3.51. The zero-order valence-electron chi connectivity index (χ0n) is 14.7. The van der Waals surface area contributed by atoms with Gasteiger partial charge in [0.15, 0.2) is 0 Å². The number of para-hydroxylation sites is 1. The van der Waals surface area contributed by atoms with Crippen LogP contribution in [-0.4, -0.2) is 19.0 Å². The van der Waals surface area contributed by atoms with E-state index in [4.69, 9.17) is 0 Å². The molecule has 0 saturated carbocycles. The van der Waals surface area contributed by atoms with Crippen molar-refractivity contribution in [2.24, 2.45) is 0 Å². The molecule has 0 aliphatic carbocycles. The minimum atomic E-state index is -0.00456. The molecule has 4 rings (SSSR count). The number of rotatable bonds is 5. The zero-order chi connectivity index (χ0) is 17.8. The molecule has 26 heavy (non-hydrogen) atoms. The number of nitrogens with one attached hydrogen (secondary N) is 1. The van der Waals surface area contributed by atoms with Crippen molar-refractivity contribution in [1.29, 1.82) is 0 Å². The first-order valence-corrected chi connectivity index (χ1v) is 9.95.